The van der Waals surface area contributed by atoms with Crippen molar-refractivity contribution in [1.29, 1.82) is 0 Å². The zero-order valence-electron chi connectivity index (χ0n) is 17.5. The molecule has 7 heteroatoms. The van der Waals surface area contributed by atoms with Gasteiger partial charge in [-0.2, -0.15) is 0 Å². The van der Waals surface area contributed by atoms with Gasteiger partial charge < -0.3 is 19.9 Å². The molecular weight excluding hydrogens is 378 g/mol. The molecule has 2 saturated heterocycles. The van der Waals surface area contributed by atoms with Crippen LogP contribution in [0.25, 0.3) is 0 Å². The van der Waals surface area contributed by atoms with Crippen LogP contribution >= 0.6 is 0 Å². The summed E-state index contributed by atoms with van der Waals surface area (Å²) in [5.74, 6) is 2.09. The van der Waals surface area contributed by atoms with Crippen molar-refractivity contribution in [3.8, 4) is 0 Å². The summed E-state index contributed by atoms with van der Waals surface area (Å²) in [6.07, 6.45) is 3.69. The predicted molar refractivity (Wildman–Crippen MR) is 118 cm³/mol. The summed E-state index contributed by atoms with van der Waals surface area (Å²) in [6.45, 7) is 5.63. The summed E-state index contributed by atoms with van der Waals surface area (Å²) in [7, 11) is 0. The van der Waals surface area contributed by atoms with E-state index >= 15 is 0 Å². The molecule has 0 radical (unpaired) electrons. The fourth-order valence-corrected chi connectivity index (χ4v) is 4.11. The summed E-state index contributed by atoms with van der Waals surface area (Å²) >= 11 is 0. The van der Waals surface area contributed by atoms with Crippen LogP contribution in [0.5, 0.6) is 0 Å². The molecule has 0 bridgehead atoms. The maximum absolute atomic E-state index is 12.5. The van der Waals surface area contributed by atoms with Gasteiger partial charge in [0.25, 0.3) is 0 Å². The lowest BCUT2D eigenvalue weighted by atomic mass is 9.96. The molecule has 1 aromatic carbocycles. The highest BCUT2D eigenvalue weighted by Crippen LogP contribution is 2.23. The minimum absolute atomic E-state index is 0.0959. The number of hydrogen-bond acceptors (Lipinski definition) is 6. The Labute approximate surface area is 178 Å². The molecule has 160 valence electrons. The van der Waals surface area contributed by atoms with Crippen LogP contribution in [-0.4, -0.2) is 62.0 Å². The van der Waals surface area contributed by atoms with Gasteiger partial charge in [-0.05, 0) is 43.4 Å². The highest BCUT2D eigenvalue weighted by Gasteiger charge is 2.25. The zero-order chi connectivity index (χ0) is 20.6. The first-order valence-electron chi connectivity index (χ1n) is 11.0. The number of piperidine rings is 1. The number of nitrogens with zero attached hydrogens (tertiary/aromatic N) is 4. The lowest BCUT2D eigenvalue weighted by Crippen LogP contribution is -2.41. The second-order valence-electron chi connectivity index (χ2n) is 7.99. The number of benzene rings is 1. The third kappa shape index (κ3) is 5.48. The largest absolute Gasteiger partial charge is 0.378 e. The number of morpholine rings is 1. The van der Waals surface area contributed by atoms with Crippen LogP contribution in [-0.2, 0) is 16.0 Å². The van der Waals surface area contributed by atoms with Gasteiger partial charge >= 0.3 is 0 Å². The van der Waals surface area contributed by atoms with Crippen LogP contribution in [0.3, 0.4) is 0 Å². The molecule has 2 aliphatic heterocycles. The number of carbonyl (C=O) groups excluding carboxylic acids is 1. The minimum atomic E-state index is 0.0959. The Kier molecular flexibility index (Phi) is 7.13. The number of rotatable bonds is 7. The Morgan fingerprint density at radius 3 is 2.20 bits per heavy atom. The van der Waals surface area contributed by atoms with Gasteiger partial charge in [-0.15, -0.1) is 10.2 Å². The van der Waals surface area contributed by atoms with E-state index in [1.165, 1.54) is 5.56 Å². The van der Waals surface area contributed by atoms with E-state index in [1.807, 2.05) is 18.2 Å². The number of anilines is 2. The third-order valence-corrected chi connectivity index (χ3v) is 5.95. The van der Waals surface area contributed by atoms with Crippen LogP contribution in [0.15, 0.2) is 42.5 Å². The van der Waals surface area contributed by atoms with Gasteiger partial charge in [-0.3, -0.25) is 4.79 Å². The molecule has 1 N–H and O–H groups in total. The van der Waals surface area contributed by atoms with Crippen molar-refractivity contribution in [1.82, 2.24) is 15.5 Å². The maximum atomic E-state index is 12.5. The average molecular weight is 410 g/mol. The molecule has 0 saturated carbocycles. The number of aromatic nitrogens is 2. The molecule has 3 heterocycles. The maximum Gasteiger partial charge on any atom is 0.223 e. The summed E-state index contributed by atoms with van der Waals surface area (Å²) in [5.41, 5.74) is 1.32. The van der Waals surface area contributed by atoms with Crippen molar-refractivity contribution in [2.75, 3.05) is 55.7 Å². The standard InChI is InChI=1S/C23H31N5O2/c29-23(24-12-4-7-19-5-2-1-3-6-19)20-10-13-27(14-11-20)21-8-9-22(26-25-21)28-15-17-30-18-16-28/h1-3,5-6,8-9,20H,4,7,10-18H2,(H,24,29). The Morgan fingerprint density at radius 2 is 1.57 bits per heavy atom. The number of aryl methyl sites for hydroxylation is 1. The van der Waals surface area contributed by atoms with E-state index in [2.05, 4.69) is 49.6 Å². The molecular formula is C23H31N5O2. The van der Waals surface area contributed by atoms with Gasteiger partial charge in [0.05, 0.1) is 13.2 Å². The van der Waals surface area contributed by atoms with Gasteiger partial charge in [0.15, 0.2) is 11.6 Å². The van der Waals surface area contributed by atoms with Crippen LogP contribution in [0.2, 0.25) is 0 Å². The van der Waals surface area contributed by atoms with E-state index in [4.69, 9.17) is 4.74 Å². The van der Waals surface area contributed by atoms with Crippen LogP contribution in [0, 0.1) is 5.92 Å². The normalized spacial score (nSPS) is 17.7. The minimum Gasteiger partial charge on any atom is -0.378 e. The molecule has 2 aliphatic rings. The first kappa shape index (κ1) is 20.6. The molecule has 2 fully saturated rings. The first-order valence-corrected chi connectivity index (χ1v) is 11.0. The number of nitrogens with one attached hydrogen (secondary N) is 1. The van der Waals surface area contributed by atoms with Crippen molar-refractivity contribution in [2.45, 2.75) is 25.7 Å². The number of amides is 1. The monoisotopic (exact) mass is 409 g/mol. The molecule has 30 heavy (non-hydrogen) atoms. The smallest absolute Gasteiger partial charge is 0.223 e. The lowest BCUT2D eigenvalue weighted by Gasteiger charge is -2.32. The molecule has 0 aliphatic carbocycles. The molecule has 1 aromatic heterocycles. The Bertz CT molecular complexity index is 785. The van der Waals surface area contributed by atoms with Crippen LogP contribution < -0.4 is 15.1 Å². The summed E-state index contributed by atoms with van der Waals surface area (Å²) in [4.78, 5) is 16.9. The number of ether oxygens (including phenoxy) is 1. The molecule has 1 amide bonds. The predicted octanol–water partition coefficient (Wildman–Crippen LogP) is 2.28. The van der Waals surface area contributed by atoms with Crippen molar-refractivity contribution in [2.24, 2.45) is 5.92 Å². The van der Waals surface area contributed by atoms with E-state index < -0.39 is 0 Å². The van der Waals surface area contributed by atoms with Crippen molar-refractivity contribution in [3.63, 3.8) is 0 Å². The highest BCUT2D eigenvalue weighted by molar-refractivity contribution is 5.78. The summed E-state index contributed by atoms with van der Waals surface area (Å²) in [6, 6.07) is 14.5. The van der Waals surface area contributed by atoms with E-state index in [0.29, 0.717) is 0 Å². The third-order valence-electron chi connectivity index (χ3n) is 5.95. The molecule has 7 nitrogen and oxygen atoms in total. The molecule has 0 unspecified atom stereocenters. The SMILES string of the molecule is O=C(NCCCc1ccccc1)C1CCN(c2ccc(N3CCOCC3)nn2)CC1. The zero-order valence-corrected chi connectivity index (χ0v) is 17.5. The van der Waals surface area contributed by atoms with Crippen molar-refractivity contribution >= 4 is 17.5 Å². The fourth-order valence-electron chi connectivity index (χ4n) is 4.11. The van der Waals surface area contributed by atoms with Crippen LogP contribution in [0.4, 0.5) is 11.6 Å². The molecule has 0 atom stereocenters. The quantitative estimate of drug-likeness (QED) is 0.708. The van der Waals surface area contributed by atoms with Gasteiger partial charge in [-0.1, -0.05) is 30.3 Å². The van der Waals surface area contributed by atoms with Gasteiger partial charge in [0.1, 0.15) is 0 Å². The first-order chi connectivity index (χ1) is 14.8. The number of carbonyl (C=O) groups is 1. The van der Waals surface area contributed by atoms with Gasteiger partial charge in [0.2, 0.25) is 5.91 Å². The lowest BCUT2D eigenvalue weighted by molar-refractivity contribution is -0.125. The highest BCUT2D eigenvalue weighted by atomic mass is 16.5. The summed E-state index contributed by atoms with van der Waals surface area (Å²) in [5, 5.41) is 12.0. The second kappa shape index (κ2) is 10.4. The molecule has 4 rings (SSSR count). The Hall–Kier alpha value is -2.67. The molecule has 0 spiro atoms. The van der Waals surface area contributed by atoms with Gasteiger partial charge in [-0.25, -0.2) is 0 Å². The van der Waals surface area contributed by atoms with Gasteiger partial charge in [0, 0.05) is 38.6 Å². The van der Waals surface area contributed by atoms with Crippen LogP contribution in [0.1, 0.15) is 24.8 Å². The summed E-state index contributed by atoms with van der Waals surface area (Å²) < 4.78 is 5.39. The average Bonchev–Trinajstić information content (AvgIpc) is 2.83. The van der Waals surface area contributed by atoms with Crippen molar-refractivity contribution < 1.29 is 9.53 Å². The number of hydrogen-bond donors (Lipinski definition) is 1. The molecule has 2 aromatic rings. The Morgan fingerprint density at radius 1 is 0.933 bits per heavy atom. The topological polar surface area (TPSA) is 70.6 Å². The fraction of sp³-hybridized carbons (Fsp3) is 0.522. The van der Waals surface area contributed by atoms with E-state index in [-0.39, 0.29) is 11.8 Å². The Balaban J connectivity index is 1.18. The van der Waals surface area contributed by atoms with E-state index in [0.717, 1.165) is 83.3 Å². The second-order valence-corrected chi connectivity index (χ2v) is 7.99. The van der Waals surface area contributed by atoms with E-state index in [1.54, 1.807) is 0 Å². The van der Waals surface area contributed by atoms with Crippen molar-refractivity contribution in [3.05, 3.63) is 48.0 Å². The van der Waals surface area contributed by atoms with E-state index in [9.17, 15) is 4.79 Å².